The number of benzene rings is 1. The summed E-state index contributed by atoms with van der Waals surface area (Å²) in [5.74, 6) is 0.950. The minimum atomic E-state index is -0.0120. The van der Waals surface area contributed by atoms with Crippen molar-refractivity contribution < 1.29 is 9.59 Å². The molecule has 2 aliphatic heterocycles. The third-order valence-electron chi connectivity index (χ3n) is 5.99. The lowest BCUT2D eigenvalue weighted by molar-refractivity contribution is -0.131. The van der Waals surface area contributed by atoms with Gasteiger partial charge in [-0.3, -0.25) is 4.79 Å². The van der Waals surface area contributed by atoms with Crippen LogP contribution in [0.4, 0.5) is 4.79 Å². The molecule has 0 aromatic heterocycles. The van der Waals surface area contributed by atoms with Gasteiger partial charge in [0, 0.05) is 37.7 Å². The molecule has 2 fully saturated rings. The van der Waals surface area contributed by atoms with Gasteiger partial charge in [-0.2, -0.15) is 0 Å². The molecule has 29 heavy (non-hydrogen) atoms. The van der Waals surface area contributed by atoms with E-state index in [1.165, 1.54) is 25.9 Å². The summed E-state index contributed by atoms with van der Waals surface area (Å²) in [5.41, 5.74) is 0.961. The van der Waals surface area contributed by atoms with Crippen LogP contribution in [0.25, 0.3) is 0 Å². The fourth-order valence-electron chi connectivity index (χ4n) is 3.94. The Morgan fingerprint density at radius 2 is 1.62 bits per heavy atom. The van der Waals surface area contributed by atoms with Gasteiger partial charge in [-0.15, -0.1) is 0 Å². The minimum Gasteiger partial charge on any atom is -0.339 e. The van der Waals surface area contributed by atoms with E-state index >= 15 is 0 Å². The highest BCUT2D eigenvalue weighted by Gasteiger charge is 2.24. The molecule has 0 bridgehead atoms. The average molecular weight is 421 g/mol. The summed E-state index contributed by atoms with van der Waals surface area (Å²) in [6, 6.07) is 7.36. The highest BCUT2D eigenvalue weighted by molar-refractivity contribution is 6.30. The fraction of sp³-hybridized carbons (Fsp3) is 0.636. The van der Waals surface area contributed by atoms with Gasteiger partial charge in [0.2, 0.25) is 5.91 Å². The highest BCUT2D eigenvalue weighted by atomic mass is 35.5. The molecule has 1 aromatic carbocycles. The Kier molecular flexibility index (Phi) is 8.19. The lowest BCUT2D eigenvalue weighted by Crippen LogP contribution is -2.53. The van der Waals surface area contributed by atoms with E-state index in [9.17, 15) is 9.59 Å². The van der Waals surface area contributed by atoms with Crippen LogP contribution in [0.5, 0.6) is 0 Å². The van der Waals surface area contributed by atoms with Crippen molar-refractivity contribution in [2.45, 2.75) is 32.6 Å². The van der Waals surface area contributed by atoms with Crippen LogP contribution in [0.1, 0.15) is 31.7 Å². The summed E-state index contributed by atoms with van der Waals surface area (Å²) in [6.45, 7) is 8.80. The molecule has 0 spiro atoms. The summed E-state index contributed by atoms with van der Waals surface area (Å²) in [7, 11) is 0. The Bertz CT molecular complexity index is 666. The summed E-state index contributed by atoms with van der Waals surface area (Å²) < 4.78 is 0. The molecular formula is C22H33ClN4O2. The Morgan fingerprint density at radius 1 is 1.00 bits per heavy atom. The number of piperidine rings is 1. The van der Waals surface area contributed by atoms with Crippen molar-refractivity contribution in [3.8, 4) is 0 Å². The summed E-state index contributed by atoms with van der Waals surface area (Å²) in [5, 5.41) is 3.71. The number of nitrogens with one attached hydrogen (secondary N) is 1. The van der Waals surface area contributed by atoms with E-state index in [0.29, 0.717) is 44.2 Å². The lowest BCUT2D eigenvalue weighted by Gasteiger charge is -2.35. The first-order valence-corrected chi connectivity index (χ1v) is 11.2. The molecule has 3 rings (SSSR count). The predicted molar refractivity (Wildman–Crippen MR) is 116 cm³/mol. The quantitative estimate of drug-likeness (QED) is 0.720. The van der Waals surface area contributed by atoms with Crippen LogP contribution in [0, 0.1) is 5.92 Å². The molecule has 2 aliphatic rings. The molecule has 0 saturated carbocycles. The third kappa shape index (κ3) is 6.89. The van der Waals surface area contributed by atoms with E-state index in [4.69, 9.17) is 11.6 Å². The van der Waals surface area contributed by atoms with Gasteiger partial charge < -0.3 is 20.0 Å². The second kappa shape index (κ2) is 10.8. The van der Waals surface area contributed by atoms with Gasteiger partial charge in [-0.25, -0.2) is 4.79 Å². The fourth-order valence-corrected chi connectivity index (χ4v) is 4.07. The van der Waals surface area contributed by atoms with Gasteiger partial charge in [-0.05, 0) is 62.5 Å². The van der Waals surface area contributed by atoms with Crippen LogP contribution >= 0.6 is 11.6 Å². The van der Waals surface area contributed by atoms with Gasteiger partial charge in [-0.1, -0.05) is 30.7 Å². The maximum absolute atomic E-state index is 12.5. The average Bonchev–Trinajstić information content (AvgIpc) is 2.74. The Labute approximate surface area is 179 Å². The lowest BCUT2D eigenvalue weighted by atomic mass is 9.99. The van der Waals surface area contributed by atoms with Crippen molar-refractivity contribution >= 4 is 23.5 Å². The number of hydrogen-bond donors (Lipinski definition) is 1. The molecule has 0 aliphatic carbocycles. The van der Waals surface area contributed by atoms with E-state index in [1.54, 1.807) is 12.1 Å². The smallest absolute Gasteiger partial charge is 0.317 e. The molecular weight excluding hydrogens is 388 g/mol. The standard InChI is InChI=1S/C22H33ClN4O2/c1-18-7-11-25(12-8-18)10-2-9-24-22(29)27-15-13-26(14-16-27)21(28)17-19-3-5-20(23)6-4-19/h3-6,18H,2,7-17H2,1H3,(H,24,29). The van der Waals surface area contributed by atoms with Crippen LogP contribution in [0.2, 0.25) is 5.02 Å². The molecule has 7 heteroatoms. The molecule has 6 nitrogen and oxygen atoms in total. The van der Waals surface area contributed by atoms with Crippen molar-refractivity contribution in [2.24, 2.45) is 5.92 Å². The number of rotatable bonds is 6. The van der Waals surface area contributed by atoms with Crippen LogP contribution in [0.3, 0.4) is 0 Å². The monoisotopic (exact) mass is 420 g/mol. The van der Waals surface area contributed by atoms with Gasteiger partial charge in [0.1, 0.15) is 0 Å². The van der Waals surface area contributed by atoms with Gasteiger partial charge in [0.15, 0.2) is 0 Å². The number of urea groups is 1. The number of carbonyl (C=O) groups excluding carboxylic acids is 2. The van der Waals surface area contributed by atoms with E-state index in [2.05, 4.69) is 17.1 Å². The summed E-state index contributed by atoms with van der Waals surface area (Å²) in [4.78, 5) is 31.0. The van der Waals surface area contributed by atoms with Crippen molar-refractivity contribution in [1.82, 2.24) is 20.0 Å². The van der Waals surface area contributed by atoms with E-state index in [0.717, 1.165) is 24.4 Å². The van der Waals surface area contributed by atoms with Crippen LogP contribution in [-0.2, 0) is 11.2 Å². The van der Waals surface area contributed by atoms with E-state index in [-0.39, 0.29) is 11.9 Å². The van der Waals surface area contributed by atoms with E-state index < -0.39 is 0 Å². The zero-order chi connectivity index (χ0) is 20.6. The summed E-state index contributed by atoms with van der Waals surface area (Å²) in [6.07, 6.45) is 3.93. The molecule has 0 unspecified atom stereocenters. The largest absolute Gasteiger partial charge is 0.339 e. The molecule has 1 N–H and O–H groups in total. The molecule has 3 amide bonds. The van der Waals surface area contributed by atoms with Crippen molar-refractivity contribution in [3.05, 3.63) is 34.9 Å². The number of halogens is 1. The van der Waals surface area contributed by atoms with Gasteiger partial charge in [0.05, 0.1) is 6.42 Å². The number of hydrogen-bond acceptors (Lipinski definition) is 3. The van der Waals surface area contributed by atoms with Crippen LogP contribution in [-0.4, -0.2) is 79.0 Å². The SMILES string of the molecule is CC1CCN(CCCNC(=O)N2CCN(C(=O)Cc3ccc(Cl)cc3)CC2)CC1. The zero-order valence-corrected chi connectivity index (χ0v) is 18.2. The Hall–Kier alpha value is -1.79. The molecule has 2 saturated heterocycles. The summed E-state index contributed by atoms with van der Waals surface area (Å²) >= 11 is 5.89. The van der Waals surface area contributed by atoms with Gasteiger partial charge >= 0.3 is 6.03 Å². The molecule has 160 valence electrons. The minimum absolute atomic E-state index is 0.0120. The number of carbonyl (C=O) groups is 2. The highest BCUT2D eigenvalue weighted by Crippen LogP contribution is 2.16. The zero-order valence-electron chi connectivity index (χ0n) is 17.4. The normalized spacial score (nSPS) is 18.7. The second-order valence-corrected chi connectivity index (χ2v) is 8.72. The molecule has 0 radical (unpaired) electrons. The number of nitrogens with zero attached hydrogens (tertiary/aromatic N) is 3. The maximum Gasteiger partial charge on any atom is 0.317 e. The van der Waals surface area contributed by atoms with Crippen molar-refractivity contribution in [1.29, 1.82) is 0 Å². The molecule has 2 heterocycles. The van der Waals surface area contributed by atoms with Crippen LogP contribution in [0.15, 0.2) is 24.3 Å². The number of likely N-dealkylation sites (tertiary alicyclic amines) is 1. The van der Waals surface area contributed by atoms with Crippen LogP contribution < -0.4 is 5.32 Å². The third-order valence-corrected chi connectivity index (χ3v) is 6.24. The topological polar surface area (TPSA) is 55.9 Å². The second-order valence-electron chi connectivity index (χ2n) is 8.28. The number of piperazine rings is 1. The van der Waals surface area contributed by atoms with Gasteiger partial charge in [0.25, 0.3) is 0 Å². The molecule has 1 aromatic rings. The first-order valence-electron chi connectivity index (χ1n) is 10.8. The van der Waals surface area contributed by atoms with Crippen molar-refractivity contribution in [2.75, 3.05) is 52.4 Å². The Balaban J connectivity index is 1.30. The maximum atomic E-state index is 12.5. The number of amides is 3. The van der Waals surface area contributed by atoms with E-state index in [1.807, 2.05) is 21.9 Å². The molecule has 0 atom stereocenters. The Morgan fingerprint density at radius 3 is 2.28 bits per heavy atom. The predicted octanol–water partition coefficient (Wildman–Crippen LogP) is 2.86. The first kappa shape index (κ1) is 21.9. The first-order chi connectivity index (χ1) is 14.0. The van der Waals surface area contributed by atoms with Crippen molar-refractivity contribution in [3.63, 3.8) is 0 Å².